The SMILES string of the molecule is CC(O)(CNC(=O)c1ncccc1OCC(F)F)c1cccs1. The van der Waals surface area contributed by atoms with Crippen LogP contribution < -0.4 is 10.1 Å². The van der Waals surface area contributed by atoms with E-state index in [0.29, 0.717) is 4.88 Å². The summed E-state index contributed by atoms with van der Waals surface area (Å²) in [7, 11) is 0. The van der Waals surface area contributed by atoms with Crippen molar-refractivity contribution in [2.75, 3.05) is 13.2 Å². The molecule has 1 amide bonds. The largest absolute Gasteiger partial charge is 0.485 e. The molecular formula is C15H16F2N2O3S. The van der Waals surface area contributed by atoms with Gasteiger partial charge in [-0.3, -0.25) is 4.79 Å². The van der Waals surface area contributed by atoms with Crippen LogP contribution in [0.15, 0.2) is 35.8 Å². The number of halogens is 2. The van der Waals surface area contributed by atoms with Gasteiger partial charge in [-0.2, -0.15) is 0 Å². The van der Waals surface area contributed by atoms with E-state index in [1.54, 1.807) is 19.1 Å². The molecule has 0 spiro atoms. The van der Waals surface area contributed by atoms with Crippen LogP contribution in [0.25, 0.3) is 0 Å². The number of pyridine rings is 1. The fourth-order valence-electron chi connectivity index (χ4n) is 1.84. The second-order valence-corrected chi connectivity index (χ2v) is 5.93. The predicted octanol–water partition coefficient (Wildman–Crippen LogP) is 2.42. The van der Waals surface area contributed by atoms with Crippen LogP contribution in [0.1, 0.15) is 22.3 Å². The van der Waals surface area contributed by atoms with Crippen molar-refractivity contribution >= 4 is 17.2 Å². The van der Waals surface area contributed by atoms with Crippen molar-refractivity contribution < 1.29 is 23.4 Å². The lowest BCUT2D eigenvalue weighted by atomic mass is 10.1. The lowest BCUT2D eigenvalue weighted by Gasteiger charge is -2.22. The highest BCUT2D eigenvalue weighted by molar-refractivity contribution is 7.10. The Labute approximate surface area is 135 Å². The molecule has 0 aromatic carbocycles. The average Bonchev–Trinajstić information content (AvgIpc) is 3.06. The van der Waals surface area contributed by atoms with E-state index >= 15 is 0 Å². The Hall–Kier alpha value is -2.06. The van der Waals surface area contributed by atoms with Gasteiger partial charge >= 0.3 is 0 Å². The van der Waals surface area contributed by atoms with Crippen molar-refractivity contribution in [3.8, 4) is 5.75 Å². The third-order valence-corrected chi connectivity index (χ3v) is 4.12. The number of nitrogens with one attached hydrogen (secondary N) is 1. The summed E-state index contributed by atoms with van der Waals surface area (Å²) in [6, 6.07) is 6.43. The molecule has 0 aliphatic rings. The van der Waals surface area contributed by atoms with Gasteiger partial charge in [0.15, 0.2) is 11.4 Å². The second kappa shape index (κ2) is 7.47. The van der Waals surface area contributed by atoms with Crippen molar-refractivity contribution in [3.05, 3.63) is 46.4 Å². The molecule has 0 saturated carbocycles. The summed E-state index contributed by atoms with van der Waals surface area (Å²) in [5.74, 6) is -0.632. The number of nitrogens with zero attached hydrogens (tertiary/aromatic N) is 1. The van der Waals surface area contributed by atoms with E-state index < -0.39 is 24.5 Å². The molecule has 124 valence electrons. The minimum Gasteiger partial charge on any atom is -0.485 e. The summed E-state index contributed by atoms with van der Waals surface area (Å²) in [5.41, 5.74) is -1.34. The number of amides is 1. The van der Waals surface area contributed by atoms with Crippen molar-refractivity contribution in [1.82, 2.24) is 10.3 Å². The molecular weight excluding hydrogens is 326 g/mol. The first-order valence-electron chi connectivity index (χ1n) is 6.80. The second-order valence-electron chi connectivity index (χ2n) is 4.99. The molecule has 0 fully saturated rings. The minimum absolute atomic E-state index is 0.0268. The van der Waals surface area contributed by atoms with Crippen LogP contribution in [0.3, 0.4) is 0 Å². The van der Waals surface area contributed by atoms with Crippen LogP contribution in [0.4, 0.5) is 8.78 Å². The molecule has 0 radical (unpaired) electrons. The van der Waals surface area contributed by atoms with Crippen LogP contribution in [0.5, 0.6) is 5.75 Å². The van der Waals surface area contributed by atoms with Crippen molar-refractivity contribution in [1.29, 1.82) is 0 Å². The van der Waals surface area contributed by atoms with Gasteiger partial charge in [0.05, 0.1) is 6.54 Å². The standard InChI is InChI=1S/C15H16F2N2O3S/c1-15(21,11-5-3-7-23-11)9-19-14(20)13-10(4-2-6-18-13)22-8-12(16)17/h2-7,12,21H,8-9H2,1H3,(H,19,20). The monoisotopic (exact) mass is 342 g/mol. The highest BCUT2D eigenvalue weighted by Gasteiger charge is 2.26. The molecule has 23 heavy (non-hydrogen) atoms. The number of rotatable bonds is 7. The Morgan fingerprint density at radius 3 is 2.91 bits per heavy atom. The van der Waals surface area contributed by atoms with Gasteiger partial charge in [-0.15, -0.1) is 11.3 Å². The molecule has 2 heterocycles. The summed E-state index contributed by atoms with van der Waals surface area (Å²) in [5, 5.41) is 14.7. The van der Waals surface area contributed by atoms with Crippen molar-refractivity contribution in [2.45, 2.75) is 19.0 Å². The molecule has 5 nitrogen and oxygen atoms in total. The lowest BCUT2D eigenvalue weighted by Crippen LogP contribution is -2.38. The number of alkyl halides is 2. The number of aromatic nitrogens is 1. The summed E-state index contributed by atoms with van der Waals surface area (Å²) in [6.07, 6.45) is -1.28. The highest BCUT2D eigenvalue weighted by Crippen LogP contribution is 2.24. The van der Waals surface area contributed by atoms with Gasteiger partial charge in [-0.05, 0) is 30.5 Å². The number of carbonyl (C=O) groups is 1. The number of carbonyl (C=O) groups excluding carboxylic acids is 1. The minimum atomic E-state index is -2.65. The number of ether oxygens (including phenoxy) is 1. The van der Waals surface area contributed by atoms with Crippen molar-refractivity contribution in [2.24, 2.45) is 0 Å². The molecule has 0 saturated heterocycles. The van der Waals surface area contributed by atoms with Gasteiger partial charge in [-0.25, -0.2) is 13.8 Å². The first kappa shape index (κ1) is 17.3. The summed E-state index contributed by atoms with van der Waals surface area (Å²) >= 11 is 1.37. The molecule has 0 aliphatic carbocycles. The first-order chi connectivity index (χ1) is 10.9. The Bertz CT molecular complexity index is 648. The van der Waals surface area contributed by atoms with E-state index in [1.165, 1.54) is 29.7 Å². The molecule has 1 unspecified atom stereocenters. The Balaban J connectivity index is 2.03. The van der Waals surface area contributed by atoms with Gasteiger partial charge < -0.3 is 15.2 Å². The molecule has 0 aliphatic heterocycles. The number of aliphatic hydroxyl groups is 1. The molecule has 2 aromatic heterocycles. The zero-order valence-electron chi connectivity index (χ0n) is 12.3. The maximum absolute atomic E-state index is 12.2. The molecule has 2 N–H and O–H groups in total. The summed E-state index contributed by atoms with van der Waals surface area (Å²) < 4.78 is 29.4. The Kier molecular flexibility index (Phi) is 5.62. The van der Waals surface area contributed by atoms with E-state index in [4.69, 9.17) is 4.74 Å². The van der Waals surface area contributed by atoms with Gasteiger partial charge in [-0.1, -0.05) is 6.07 Å². The maximum atomic E-state index is 12.2. The average molecular weight is 342 g/mol. The lowest BCUT2D eigenvalue weighted by molar-refractivity contribution is 0.0550. The number of hydrogen-bond acceptors (Lipinski definition) is 5. The van der Waals surface area contributed by atoms with E-state index in [1.807, 2.05) is 5.38 Å². The van der Waals surface area contributed by atoms with Gasteiger partial charge in [0, 0.05) is 11.1 Å². The van der Waals surface area contributed by atoms with E-state index in [2.05, 4.69) is 10.3 Å². The van der Waals surface area contributed by atoms with Gasteiger partial charge in [0.25, 0.3) is 12.3 Å². The molecule has 2 aromatic rings. The van der Waals surface area contributed by atoms with Gasteiger partial charge in [0.1, 0.15) is 12.2 Å². The first-order valence-corrected chi connectivity index (χ1v) is 7.68. The zero-order chi connectivity index (χ0) is 16.9. The predicted molar refractivity (Wildman–Crippen MR) is 82.0 cm³/mol. The third kappa shape index (κ3) is 4.70. The molecule has 1 atom stereocenters. The number of thiophene rings is 1. The van der Waals surface area contributed by atoms with Crippen LogP contribution >= 0.6 is 11.3 Å². The van der Waals surface area contributed by atoms with Gasteiger partial charge in [0.2, 0.25) is 0 Å². The smallest absolute Gasteiger partial charge is 0.273 e. The normalized spacial score (nSPS) is 13.6. The maximum Gasteiger partial charge on any atom is 0.273 e. The fraction of sp³-hybridized carbons (Fsp3) is 0.333. The number of hydrogen-bond donors (Lipinski definition) is 2. The fourth-order valence-corrected chi connectivity index (χ4v) is 2.63. The van der Waals surface area contributed by atoms with E-state index in [9.17, 15) is 18.7 Å². The quantitative estimate of drug-likeness (QED) is 0.811. The zero-order valence-corrected chi connectivity index (χ0v) is 13.1. The van der Waals surface area contributed by atoms with Crippen LogP contribution in [0.2, 0.25) is 0 Å². The van der Waals surface area contributed by atoms with Crippen LogP contribution in [0, 0.1) is 0 Å². The van der Waals surface area contributed by atoms with Crippen LogP contribution in [-0.2, 0) is 5.60 Å². The van der Waals surface area contributed by atoms with Crippen molar-refractivity contribution in [3.63, 3.8) is 0 Å². The Morgan fingerprint density at radius 1 is 1.48 bits per heavy atom. The highest BCUT2D eigenvalue weighted by atomic mass is 32.1. The molecule has 2 rings (SSSR count). The van der Waals surface area contributed by atoms with E-state index in [-0.39, 0.29) is 18.0 Å². The summed E-state index contributed by atoms with van der Waals surface area (Å²) in [6.45, 7) is 0.710. The Morgan fingerprint density at radius 2 is 2.26 bits per heavy atom. The van der Waals surface area contributed by atoms with Crippen LogP contribution in [-0.4, -0.2) is 35.6 Å². The van der Waals surface area contributed by atoms with E-state index in [0.717, 1.165) is 0 Å². The topological polar surface area (TPSA) is 71.5 Å². The molecule has 8 heteroatoms. The summed E-state index contributed by atoms with van der Waals surface area (Å²) in [4.78, 5) is 16.7. The third-order valence-electron chi connectivity index (χ3n) is 3.00. The molecule has 0 bridgehead atoms.